The maximum Gasteiger partial charge on any atom is 0.319 e. The van der Waals surface area contributed by atoms with Gasteiger partial charge in [-0.2, -0.15) is 0 Å². The maximum atomic E-state index is 11.9. The normalized spacial score (nSPS) is 22.2. The summed E-state index contributed by atoms with van der Waals surface area (Å²) >= 11 is 0. The maximum absolute atomic E-state index is 11.9. The molecule has 1 aliphatic rings. The van der Waals surface area contributed by atoms with Crippen molar-refractivity contribution in [1.29, 1.82) is 0 Å². The van der Waals surface area contributed by atoms with Gasteiger partial charge in [-0.3, -0.25) is 0 Å². The number of urea groups is 1. The molecule has 1 aliphatic carbocycles. The molecule has 0 spiro atoms. The fraction of sp³-hybridized carbons (Fsp3) is 0.611. The number of hydrogen-bond donors (Lipinski definition) is 3. The third-order valence-electron chi connectivity index (χ3n) is 4.33. The second-order valence-electron chi connectivity index (χ2n) is 6.38. The number of rotatable bonds is 6. The molecular weight excluding hydrogens is 292 g/mol. The second-order valence-corrected chi connectivity index (χ2v) is 6.38. The van der Waals surface area contributed by atoms with E-state index in [9.17, 15) is 9.90 Å². The molecule has 1 saturated carbocycles. The summed E-state index contributed by atoms with van der Waals surface area (Å²) < 4.78 is 5.71. The van der Waals surface area contributed by atoms with Crippen LogP contribution < -0.4 is 15.4 Å². The molecule has 3 atom stereocenters. The molecule has 5 heteroatoms. The van der Waals surface area contributed by atoms with Crippen molar-refractivity contribution in [3.63, 3.8) is 0 Å². The summed E-state index contributed by atoms with van der Waals surface area (Å²) in [5.74, 6) is 1.18. The van der Waals surface area contributed by atoms with Crippen molar-refractivity contribution < 1.29 is 14.6 Å². The number of ether oxygens (including phenoxy) is 1. The van der Waals surface area contributed by atoms with Crippen LogP contribution in [0.2, 0.25) is 0 Å². The number of anilines is 1. The Balaban J connectivity index is 1.74. The van der Waals surface area contributed by atoms with Gasteiger partial charge in [0, 0.05) is 12.2 Å². The summed E-state index contributed by atoms with van der Waals surface area (Å²) in [5, 5.41) is 15.4. The minimum absolute atomic E-state index is 0.183. The van der Waals surface area contributed by atoms with E-state index >= 15 is 0 Å². The first-order chi connectivity index (χ1) is 11.1. The van der Waals surface area contributed by atoms with Gasteiger partial charge >= 0.3 is 6.03 Å². The predicted molar refractivity (Wildman–Crippen MR) is 91.8 cm³/mol. The Kier molecular flexibility index (Phi) is 6.71. The zero-order chi connectivity index (χ0) is 16.7. The molecule has 128 valence electrons. The zero-order valence-corrected chi connectivity index (χ0v) is 14.0. The third kappa shape index (κ3) is 6.10. The molecule has 5 nitrogen and oxygen atoms in total. The average molecular weight is 320 g/mol. The predicted octanol–water partition coefficient (Wildman–Crippen LogP) is 3.54. The van der Waals surface area contributed by atoms with E-state index in [1.807, 2.05) is 31.2 Å². The summed E-state index contributed by atoms with van der Waals surface area (Å²) in [7, 11) is 0. The molecule has 0 heterocycles. The smallest absolute Gasteiger partial charge is 0.319 e. The number of carbonyl (C=O) groups excluding carboxylic acids is 1. The van der Waals surface area contributed by atoms with Crippen LogP contribution in [0.15, 0.2) is 24.3 Å². The Hall–Kier alpha value is -1.75. The molecular formula is C18H28N2O3. The third-order valence-corrected chi connectivity index (χ3v) is 4.33. The molecule has 0 bridgehead atoms. The van der Waals surface area contributed by atoms with Gasteiger partial charge in [0.05, 0.1) is 12.2 Å². The van der Waals surface area contributed by atoms with Gasteiger partial charge in [-0.25, -0.2) is 4.79 Å². The van der Waals surface area contributed by atoms with E-state index in [0.29, 0.717) is 12.5 Å². The first kappa shape index (κ1) is 17.6. The summed E-state index contributed by atoms with van der Waals surface area (Å²) in [6, 6.07) is 7.18. The van der Waals surface area contributed by atoms with E-state index in [1.54, 1.807) is 0 Å². The molecule has 2 rings (SSSR count). The van der Waals surface area contributed by atoms with Gasteiger partial charge in [0.15, 0.2) is 0 Å². The van der Waals surface area contributed by atoms with Crippen LogP contribution in [0.25, 0.3) is 0 Å². The van der Waals surface area contributed by atoms with E-state index in [4.69, 9.17) is 4.74 Å². The van der Waals surface area contributed by atoms with E-state index in [0.717, 1.165) is 43.5 Å². The topological polar surface area (TPSA) is 70.6 Å². The standard InChI is InChI=1S/C18H28N2O3/c1-3-13(2)23-17-9-7-15(8-10-17)20-18(22)19-12-14-5-4-6-16(21)11-14/h7-10,13-14,16,21H,3-6,11-12H2,1-2H3,(H2,19,20,22). The number of nitrogens with one attached hydrogen (secondary N) is 2. The number of carbonyl (C=O) groups is 1. The first-order valence-electron chi connectivity index (χ1n) is 8.56. The molecule has 3 unspecified atom stereocenters. The quantitative estimate of drug-likeness (QED) is 0.751. The largest absolute Gasteiger partial charge is 0.491 e. The Morgan fingerprint density at radius 3 is 2.74 bits per heavy atom. The van der Waals surface area contributed by atoms with Gasteiger partial charge in [0.1, 0.15) is 5.75 Å². The van der Waals surface area contributed by atoms with E-state index in [1.165, 1.54) is 0 Å². The highest BCUT2D eigenvalue weighted by Gasteiger charge is 2.20. The molecule has 2 amide bonds. The number of benzene rings is 1. The van der Waals surface area contributed by atoms with Gasteiger partial charge in [0.25, 0.3) is 0 Å². The summed E-state index contributed by atoms with van der Waals surface area (Å²) in [4.78, 5) is 11.9. The molecule has 1 fully saturated rings. The number of hydrogen-bond acceptors (Lipinski definition) is 3. The molecule has 1 aromatic carbocycles. The fourth-order valence-electron chi connectivity index (χ4n) is 2.79. The van der Waals surface area contributed by atoms with Gasteiger partial charge < -0.3 is 20.5 Å². The van der Waals surface area contributed by atoms with Crippen molar-refractivity contribution in [1.82, 2.24) is 5.32 Å². The van der Waals surface area contributed by atoms with Crippen LogP contribution in [-0.2, 0) is 0 Å². The minimum Gasteiger partial charge on any atom is -0.491 e. The molecule has 1 aromatic rings. The lowest BCUT2D eigenvalue weighted by atomic mass is 9.87. The molecule has 0 radical (unpaired) electrons. The summed E-state index contributed by atoms with van der Waals surface area (Å²) in [5.41, 5.74) is 0.739. The van der Waals surface area contributed by atoms with Crippen molar-refractivity contribution in [3.8, 4) is 5.75 Å². The van der Waals surface area contributed by atoms with Crippen molar-refractivity contribution in [3.05, 3.63) is 24.3 Å². The Morgan fingerprint density at radius 2 is 2.09 bits per heavy atom. The van der Waals surface area contributed by atoms with Gasteiger partial charge in [-0.15, -0.1) is 0 Å². The van der Waals surface area contributed by atoms with Crippen molar-refractivity contribution in [2.75, 3.05) is 11.9 Å². The van der Waals surface area contributed by atoms with Crippen LogP contribution in [0.1, 0.15) is 46.0 Å². The molecule has 0 aliphatic heterocycles. The average Bonchev–Trinajstić information content (AvgIpc) is 2.55. The lowest BCUT2D eigenvalue weighted by Crippen LogP contribution is -2.35. The van der Waals surface area contributed by atoms with Crippen LogP contribution in [-0.4, -0.2) is 29.9 Å². The summed E-state index contributed by atoms with van der Waals surface area (Å²) in [6.07, 6.45) is 4.69. The van der Waals surface area contributed by atoms with Gasteiger partial charge in [0.2, 0.25) is 0 Å². The molecule has 23 heavy (non-hydrogen) atoms. The first-order valence-corrected chi connectivity index (χ1v) is 8.56. The Bertz CT molecular complexity index is 490. The number of amides is 2. The molecule has 3 N–H and O–H groups in total. The zero-order valence-electron chi connectivity index (χ0n) is 14.0. The van der Waals surface area contributed by atoms with Crippen molar-refractivity contribution in [2.24, 2.45) is 5.92 Å². The SMILES string of the molecule is CCC(C)Oc1ccc(NC(=O)NCC2CCCC(O)C2)cc1. The lowest BCUT2D eigenvalue weighted by Gasteiger charge is -2.25. The highest BCUT2D eigenvalue weighted by molar-refractivity contribution is 5.89. The van der Waals surface area contributed by atoms with Gasteiger partial charge in [-0.05, 0) is 62.8 Å². The highest BCUT2D eigenvalue weighted by Crippen LogP contribution is 2.23. The fourth-order valence-corrected chi connectivity index (χ4v) is 2.79. The van der Waals surface area contributed by atoms with E-state index in [2.05, 4.69) is 17.6 Å². The Morgan fingerprint density at radius 1 is 1.35 bits per heavy atom. The van der Waals surface area contributed by atoms with Crippen LogP contribution >= 0.6 is 0 Å². The lowest BCUT2D eigenvalue weighted by molar-refractivity contribution is 0.101. The van der Waals surface area contributed by atoms with E-state index in [-0.39, 0.29) is 18.2 Å². The molecule has 0 aromatic heterocycles. The van der Waals surface area contributed by atoms with Gasteiger partial charge in [-0.1, -0.05) is 13.3 Å². The van der Waals surface area contributed by atoms with E-state index < -0.39 is 0 Å². The second kappa shape index (κ2) is 8.77. The summed E-state index contributed by atoms with van der Waals surface area (Å²) in [6.45, 7) is 4.72. The van der Waals surface area contributed by atoms with Crippen LogP contribution in [0.4, 0.5) is 10.5 Å². The Labute approximate surface area is 138 Å². The molecule has 0 saturated heterocycles. The minimum atomic E-state index is -0.211. The van der Waals surface area contributed by atoms with Crippen molar-refractivity contribution >= 4 is 11.7 Å². The van der Waals surface area contributed by atoms with Crippen LogP contribution in [0.5, 0.6) is 5.75 Å². The monoisotopic (exact) mass is 320 g/mol. The van der Waals surface area contributed by atoms with Crippen molar-refractivity contribution in [2.45, 2.75) is 58.2 Å². The van der Waals surface area contributed by atoms with Crippen LogP contribution in [0, 0.1) is 5.92 Å². The highest BCUT2D eigenvalue weighted by atomic mass is 16.5. The van der Waals surface area contributed by atoms with Crippen LogP contribution in [0.3, 0.4) is 0 Å². The number of aliphatic hydroxyl groups excluding tert-OH is 1. The number of aliphatic hydroxyl groups is 1.